The molecule has 0 aliphatic heterocycles. The molecule has 0 saturated carbocycles. The number of fused-ring (bicyclic) bond motifs is 1. The van der Waals surface area contributed by atoms with Crippen LogP contribution >= 0.6 is 11.3 Å². The molecular weight excluding hydrogens is 428 g/mol. The second-order valence-corrected chi connectivity index (χ2v) is 8.10. The Morgan fingerprint density at radius 3 is 2.00 bits per heavy atom. The first-order valence-corrected chi connectivity index (χ1v) is 10.5. The monoisotopic (exact) mass is 446 g/mol. The van der Waals surface area contributed by atoms with Crippen molar-refractivity contribution in [2.45, 2.75) is 13.8 Å². The maximum atomic E-state index is 13.5. The number of benzene rings is 3. The molecule has 1 N–H and O–H groups in total. The van der Waals surface area contributed by atoms with Crippen LogP contribution in [0, 0.1) is 0 Å². The maximum Gasteiger partial charge on any atom is 0.308 e. The number of carbonyl (C=O) groups excluding carboxylic acids is 3. The van der Waals surface area contributed by atoms with Crippen LogP contribution in [0.4, 0.5) is 0 Å². The molecular formula is C25H18O6S. The summed E-state index contributed by atoms with van der Waals surface area (Å²) in [6, 6.07) is 18.1. The highest BCUT2D eigenvalue weighted by Crippen LogP contribution is 2.41. The van der Waals surface area contributed by atoms with Crippen LogP contribution in [0.1, 0.15) is 29.8 Å². The van der Waals surface area contributed by atoms with Crippen molar-refractivity contribution >= 4 is 39.1 Å². The van der Waals surface area contributed by atoms with Crippen molar-refractivity contribution in [2.75, 3.05) is 0 Å². The standard InChI is InChI=1S/C25H18O6S/c1-14(26)30-19-9-5-17(6-10-19)25-23(24(29)16-3-7-18(28)8-4-16)21-12-11-20(31-15(2)27)13-22(21)32-25/h3-13,28H,1-2H3. The Balaban J connectivity index is 1.86. The molecule has 0 bridgehead atoms. The smallest absolute Gasteiger partial charge is 0.308 e. The van der Waals surface area contributed by atoms with Gasteiger partial charge < -0.3 is 14.6 Å². The number of phenols is 1. The number of rotatable bonds is 5. The molecule has 3 aromatic carbocycles. The third-order valence-corrected chi connectivity index (χ3v) is 5.86. The van der Waals surface area contributed by atoms with E-state index < -0.39 is 11.9 Å². The molecule has 1 heterocycles. The van der Waals surface area contributed by atoms with Crippen molar-refractivity contribution in [1.29, 1.82) is 0 Å². The number of phenolic OH excluding ortho intramolecular Hbond substituents is 1. The fourth-order valence-corrected chi connectivity index (χ4v) is 4.57. The summed E-state index contributed by atoms with van der Waals surface area (Å²) in [4.78, 5) is 36.7. The highest BCUT2D eigenvalue weighted by Gasteiger charge is 2.22. The molecule has 0 aliphatic rings. The van der Waals surface area contributed by atoms with E-state index >= 15 is 0 Å². The van der Waals surface area contributed by atoms with Gasteiger partial charge in [-0.1, -0.05) is 0 Å². The van der Waals surface area contributed by atoms with Gasteiger partial charge in [0.05, 0.1) is 0 Å². The van der Waals surface area contributed by atoms with Crippen molar-refractivity contribution in [3.8, 4) is 27.7 Å². The normalized spacial score (nSPS) is 10.7. The summed E-state index contributed by atoms with van der Waals surface area (Å²) in [5.41, 5.74) is 1.72. The number of hydrogen-bond donors (Lipinski definition) is 1. The van der Waals surface area contributed by atoms with Crippen LogP contribution < -0.4 is 9.47 Å². The Bertz CT molecular complexity index is 1330. The predicted molar refractivity (Wildman–Crippen MR) is 121 cm³/mol. The van der Waals surface area contributed by atoms with E-state index in [1.54, 1.807) is 54.6 Å². The van der Waals surface area contributed by atoms with Crippen LogP contribution in [0.2, 0.25) is 0 Å². The molecule has 0 amide bonds. The second-order valence-electron chi connectivity index (χ2n) is 7.05. The summed E-state index contributed by atoms with van der Waals surface area (Å²) < 4.78 is 11.1. The summed E-state index contributed by atoms with van der Waals surface area (Å²) in [6.07, 6.45) is 0. The summed E-state index contributed by atoms with van der Waals surface area (Å²) in [6.45, 7) is 2.66. The first-order valence-electron chi connectivity index (χ1n) is 9.69. The second kappa shape index (κ2) is 8.64. The lowest BCUT2D eigenvalue weighted by molar-refractivity contribution is -0.132. The maximum absolute atomic E-state index is 13.5. The molecule has 4 rings (SSSR count). The van der Waals surface area contributed by atoms with Gasteiger partial charge in [-0.3, -0.25) is 14.4 Å². The van der Waals surface area contributed by atoms with Crippen LogP contribution in [0.5, 0.6) is 17.2 Å². The minimum atomic E-state index is -0.428. The van der Waals surface area contributed by atoms with Crippen LogP contribution in [0.25, 0.3) is 20.5 Å². The van der Waals surface area contributed by atoms with Crippen LogP contribution in [0.15, 0.2) is 66.7 Å². The Morgan fingerprint density at radius 1 is 0.781 bits per heavy atom. The van der Waals surface area contributed by atoms with E-state index in [4.69, 9.17) is 9.47 Å². The summed E-state index contributed by atoms with van der Waals surface area (Å²) in [5, 5.41) is 10.3. The molecule has 160 valence electrons. The Kier molecular flexibility index (Phi) is 5.75. The zero-order valence-corrected chi connectivity index (χ0v) is 18.1. The van der Waals surface area contributed by atoms with Gasteiger partial charge in [0.25, 0.3) is 0 Å². The number of esters is 2. The number of thiophene rings is 1. The van der Waals surface area contributed by atoms with E-state index in [0.29, 0.717) is 22.6 Å². The van der Waals surface area contributed by atoms with Crippen molar-refractivity contribution < 1.29 is 29.0 Å². The van der Waals surface area contributed by atoms with Gasteiger partial charge in [-0.05, 0) is 72.3 Å². The predicted octanol–water partition coefficient (Wildman–Crippen LogP) is 5.36. The van der Waals surface area contributed by atoms with E-state index in [2.05, 4.69) is 0 Å². The van der Waals surface area contributed by atoms with Gasteiger partial charge in [0.2, 0.25) is 0 Å². The Hall–Kier alpha value is -3.97. The molecule has 7 heteroatoms. The fraction of sp³-hybridized carbons (Fsp3) is 0.0800. The van der Waals surface area contributed by atoms with Gasteiger partial charge in [-0.25, -0.2) is 0 Å². The van der Waals surface area contributed by atoms with Gasteiger partial charge in [0.15, 0.2) is 5.78 Å². The zero-order valence-electron chi connectivity index (χ0n) is 17.2. The van der Waals surface area contributed by atoms with Crippen LogP contribution in [0.3, 0.4) is 0 Å². The minimum absolute atomic E-state index is 0.0732. The van der Waals surface area contributed by atoms with Crippen LogP contribution in [-0.2, 0) is 9.59 Å². The quantitative estimate of drug-likeness (QED) is 0.252. The lowest BCUT2D eigenvalue weighted by Gasteiger charge is -2.07. The number of carbonyl (C=O) groups is 3. The average molecular weight is 446 g/mol. The van der Waals surface area contributed by atoms with Crippen LogP contribution in [-0.4, -0.2) is 22.8 Å². The third kappa shape index (κ3) is 4.38. The van der Waals surface area contributed by atoms with Gasteiger partial charge >= 0.3 is 11.9 Å². The number of aromatic hydroxyl groups is 1. The van der Waals surface area contributed by atoms with Crippen molar-refractivity contribution in [2.24, 2.45) is 0 Å². The highest BCUT2D eigenvalue weighted by atomic mass is 32.1. The number of ketones is 1. The van der Waals surface area contributed by atoms with Crippen molar-refractivity contribution in [3.63, 3.8) is 0 Å². The van der Waals surface area contributed by atoms with Gasteiger partial charge in [0.1, 0.15) is 17.2 Å². The molecule has 0 aliphatic carbocycles. The fourth-order valence-electron chi connectivity index (χ4n) is 3.33. The number of hydrogen-bond acceptors (Lipinski definition) is 7. The zero-order chi connectivity index (χ0) is 22.8. The van der Waals surface area contributed by atoms with Gasteiger partial charge in [-0.15, -0.1) is 11.3 Å². The van der Waals surface area contributed by atoms with E-state index in [1.807, 2.05) is 0 Å². The molecule has 6 nitrogen and oxygen atoms in total. The first-order chi connectivity index (χ1) is 15.3. The third-order valence-electron chi connectivity index (χ3n) is 4.66. The summed E-state index contributed by atoms with van der Waals surface area (Å²) in [7, 11) is 0. The molecule has 4 aromatic rings. The van der Waals surface area contributed by atoms with Gasteiger partial charge in [0, 0.05) is 39.9 Å². The van der Waals surface area contributed by atoms with Gasteiger partial charge in [-0.2, -0.15) is 0 Å². The molecule has 32 heavy (non-hydrogen) atoms. The molecule has 1 aromatic heterocycles. The molecule has 0 saturated heterocycles. The summed E-state index contributed by atoms with van der Waals surface area (Å²) in [5.74, 6) is -0.166. The minimum Gasteiger partial charge on any atom is -0.508 e. The van der Waals surface area contributed by atoms with Crippen molar-refractivity contribution in [1.82, 2.24) is 0 Å². The highest BCUT2D eigenvalue weighted by molar-refractivity contribution is 7.22. The SMILES string of the molecule is CC(=O)Oc1ccc(-c2sc3cc(OC(C)=O)ccc3c2C(=O)c2ccc(O)cc2)cc1. The Labute approximate surface area is 187 Å². The molecule has 0 unspecified atom stereocenters. The van der Waals surface area contributed by atoms with Crippen molar-refractivity contribution in [3.05, 3.63) is 77.9 Å². The molecule has 0 radical (unpaired) electrons. The summed E-state index contributed by atoms with van der Waals surface area (Å²) >= 11 is 1.39. The molecule has 0 fully saturated rings. The lowest BCUT2D eigenvalue weighted by atomic mass is 9.97. The lowest BCUT2D eigenvalue weighted by Crippen LogP contribution is -2.03. The van der Waals surface area contributed by atoms with E-state index in [1.165, 1.54) is 37.3 Å². The number of ether oxygens (including phenoxy) is 2. The van der Waals surface area contributed by atoms with E-state index in [9.17, 15) is 19.5 Å². The van der Waals surface area contributed by atoms with E-state index in [0.717, 1.165) is 20.5 Å². The molecule has 0 spiro atoms. The average Bonchev–Trinajstić information content (AvgIpc) is 3.12. The largest absolute Gasteiger partial charge is 0.508 e. The van der Waals surface area contributed by atoms with E-state index in [-0.39, 0.29) is 11.5 Å². The topological polar surface area (TPSA) is 89.9 Å². The molecule has 0 atom stereocenters. The Morgan fingerprint density at radius 2 is 1.38 bits per heavy atom. The first kappa shape index (κ1) is 21.3.